The first kappa shape index (κ1) is 27.4. The predicted molar refractivity (Wildman–Crippen MR) is 156 cm³/mol. The summed E-state index contributed by atoms with van der Waals surface area (Å²) in [5.74, 6) is 1.01. The zero-order chi connectivity index (χ0) is 27.9. The fraction of sp³-hybridized carbons (Fsp3) is 0.258. The SMILES string of the molecule is COc1cccc(NC(=O)N(CC(=O)Nc2cc(-c3ccccc3)nn2-c2ccc(C)cc2C)CC(C)C)c1. The minimum atomic E-state index is -0.361. The molecule has 1 aromatic heterocycles. The Kier molecular flexibility index (Phi) is 8.66. The molecular formula is C31H35N5O3. The standard InChI is InChI=1S/C31H35N5O3/c1-21(2)19-35(31(38)32-25-12-9-13-26(17-25)39-5)20-30(37)33-29-18-27(24-10-7-6-8-11-24)34-36(29)28-15-14-22(3)16-23(28)4/h6-18,21H,19-20H2,1-5H3,(H,32,38)(H,33,37). The lowest BCUT2D eigenvalue weighted by Crippen LogP contribution is -2.42. The van der Waals surface area contributed by atoms with Gasteiger partial charge < -0.3 is 20.3 Å². The largest absolute Gasteiger partial charge is 0.497 e. The molecule has 0 bridgehead atoms. The van der Waals surface area contributed by atoms with Gasteiger partial charge in [0.25, 0.3) is 0 Å². The van der Waals surface area contributed by atoms with Crippen molar-refractivity contribution < 1.29 is 14.3 Å². The van der Waals surface area contributed by atoms with Gasteiger partial charge in [-0.2, -0.15) is 5.10 Å². The van der Waals surface area contributed by atoms with Crippen LogP contribution in [0.1, 0.15) is 25.0 Å². The van der Waals surface area contributed by atoms with Gasteiger partial charge in [-0.1, -0.05) is 67.9 Å². The summed E-state index contributed by atoms with van der Waals surface area (Å²) in [5.41, 5.74) is 5.31. The Morgan fingerprint density at radius 1 is 0.949 bits per heavy atom. The predicted octanol–water partition coefficient (Wildman–Crippen LogP) is 6.29. The molecule has 0 aliphatic heterocycles. The van der Waals surface area contributed by atoms with Crippen LogP contribution in [0, 0.1) is 19.8 Å². The lowest BCUT2D eigenvalue weighted by atomic mass is 10.1. The number of anilines is 2. The number of hydrogen-bond acceptors (Lipinski definition) is 4. The average Bonchev–Trinajstić information content (AvgIpc) is 3.31. The summed E-state index contributed by atoms with van der Waals surface area (Å²) in [7, 11) is 1.57. The molecule has 0 saturated heterocycles. The molecule has 0 fully saturated rings. The molecule has 0 aliphatic carbocycles. The molecule has 3 amide bonds. The highest BCUT2D eigenvalue weighted by molar-refractivity contribution is 5.97. The molecule has 8 nitrogen and oxygen atoms in total. The molecule has 0 aliphatic rings. The number of nitrogens with one attached hydrogen (secondary N) is 2. The van der Waals surface area contributed by atoms with E-state index in [2.05, 4.69) is 16.7 Å². The van der Waals surface area contributed by atoms with Crippen LogP contribution in [0.2, 0.25) is 0 Å². The first-order valence-corrected chi connectivity index (χ1v) is 13.0. The van der Waals surface area contributed by atoms with Crippen LogP contribution in [0.3, 0.4) is 0 Å². The summed E-state index contributed by atoms with van der Waals surface area (Å²) >= 11 is 0. The molecule has 0 spiro atoms. The minimum absolute atomic E-state index is 0.118. The van der Waals surface area contributed by atoms with Gasteiger partial charge >= 0.3 is 6.03 Å². The van der Waals surface area contributed by atoms with E-state index in [9.17, 15) is 9.59 Å². The van der Waals surface area contributed by atoms with E-state index < -0.39 is 0 Å². The Balaban J connectivity index is 1.58. The topological polar surface area (TPSA) is 88.5 Å². The molecule has 8 heteroatoms. The number of urea groups is 1. The lowest BCUT2D eigenvalue weighted by molar-refractivity contribution is -0.116. The van der Waals surface area contributed by atoms with Gasteiger partial charge in [-0.15, -0.1) is 0 Å². The maximum atomic E-state index is 13.3. The average molecular weight is 526 g/mol. The maximum absolute atomic E-state index is 13.3. The number of carbonyl (C=O) groups excluding carboxylic acids is 2. The number of rotatable bonds is 9. The summed E-state index contributed by atoms with van der Waals surface area (Å²) in [4.78, 5) is 28.0. The molecule has 202 valence electrons. The first-order chi connectivity index (χ1) is 18.7. The van der Waals surface area contributed by atoms with Gasteiger partial charge in [-0.3, -0.25) is 4.79 Å². The summed E-state index contributed by atoms with van der Waals surface area (Å²) in [6.07, 6.45) is 0. The van der Waals surface area contributed by atoms with E-state index in [0.717, 1.165) is 28.1 Å². The van der Waals surface area contributed by atoms with Crippen molar-refractivity contribution in [1.29, 1.82) is 0 Å². The minimum Gasteiger partial charge on any atom is -0.497 e. The number of aromatic nitrogens is 2. The van der Waals surface area contributed by atoms with Crippen LogP contribution in [-0.2, 0) is 4.79 Å². The van der Waals surface area contributed by atoms with Crippen LogP contribution in [0.4, 0.5) is 16.3 Å². The first-order valence-electron chi connectivity index (χ1n) is 13.0. The van der Waals surface area contributed by atoms with Crippen LogP contribution < -0.4 is 15.4 Å². The molecule has 3 aromatic carbocycles. The highest BCUT2D eigenvalue weighted by Gasteiger charge is 2.21. The number of amides is 3. The fourth-order valence-corrected chi connectivity index (χ4v) is 4.37. The van der Waals surface area contributed by atoms with Crippen molar-refractivity contribution in [2.75, 3.05) is 30.8 Å². The fourth-order valence-electron chi connectivity index (χ4n) is 4.37. The maximum Gasteiger partial charge on any atom is 0.322 e. The van der Waals surface area contributed by atoms with E-state index >= 15 is 0 Å². The Morgan fingerprint density at radius 3 is 2.41 bits per heavy atom. The van der Waals surface area contributed by atoms with E-state index in [0.29, 0.717) is 23.8 Å². The molecular weight excluding hydrogens is 490 g/mol. The van der Waals surface area contributed by atoms with E-state index in [1.54, 1.807) is 36.1 Å². The quantitative estimate of drug-likeness (QED) is 0.269. The van der Waals surface area contributed by atoms with Crippen molar-refractivity contribution in [3.05, 3.63) is 90.0 Å². The highest BCUT2D eigenvalue weighted by atomic mass is 16.5. The van der Waals surface area contributed by atoms with Crippen LogP contribution in [-0.4, -0.2) is 46.8 Å². The van der Waals surface area contributed by atoms with E-state index in [4.69, 9.17) is 9.84 Å². The third-order valence-corrected chi connectivity index (χ3v) is 6.16. The Labute approximate surface area is 229 Å². The Morgan fingerprint density at radius 2 is 1.72 bits per heavy atom. The number of nitrogens with zero attached hydrogens (tertiary/aromatic N) is 3. The van der Waals surface area contributed by atoms with Crippen molar-refractivity contribution in [1.82, 2.24) is 14.7 Å². The molecule has 0 unspecified atom stereocenters. The lowest BCUT2D eigenvalue weighted by Gasteiger charge is -2.24. The molecule has 0 atom stereocenters. The molecule has 0 saturated carbocycles. The van der Waals surface area contributed by atoms with E-state index in [1.165, 1.54) is 4.90 Å². The number of aryl methyl sites for hydroxylation is 2. The van der Waals surface area contributed by atoms with Crippen LogP contribution in [0.15, 0.2) is 78.9 Å². The van der Waals surface area contributed by atoms with Gasteiger partial charge in [0.15, 0.2) is 0 Å². The van der Waals surface area contributed by atoms with Gasteiger partial charge in [-0.05, 0) is 43.5 Å². The van der Waals surface area contributed by atoms with Crippen molar-refractivity contribution >= 4 is 23.4 Å². The number of methoxy groups -OCH3 is 1. The number of ether oxygens (including phenoxy) is 1. The molecule has 2 N–H and O–H groups in total. The van der Waals surface area contributed by atoms with Gasteiger partial charge in [0, 0.05) is 29.9 Å². The highest BCUT2D eigenvalue weighted by Crippen LogP contribution is 2.27. The summed E-state index contributed by atoms with van der Waals surface area (Å²) in [6.45, 7) is 8.36. The third-order valence-electron chi connectivity index (χ3n) is 6.16. The molecule has 39 heavy (non-hydrogen) atoms. The van der Waals surface area contributed by atoms with E-state index in [-0.39, 0.29) is 24.4 Å². The Bertz CT molecular complexity index is 1450. The third kappa shape index (κ3) is 7.04. The van der Waals surface area contributed by atoms with Crippen molar-refractivity contribution in [3.63, 3.8) is 0 Å². The number of benzene rings is 3. The smallest absolute Gasteiger partial charge is 0.322 e. The summed E-state index contributed by atoms with van der Waals surface area (Å²) in [5, 5.41) is 10.7. The van der Waals surface area contributed by atoms with Crippen LogP contribution in [0.25, 0.3) is 16.9 Å². The van der Waals surface area contributed by atoms with Gasteiger partial charge in [-0.25, -0.2) is 9.48 Å². The van der Waals surface area contributed by atoms with E-state index in [1.807, 2.05) is 76.2 Å². The normalized spacial score (nSPS) is 10.8. The second-order valence-corrected chi connectivity index (χ2v) is 9.97. The zero-order valence-corrected chi connectivity index (χ0v) is 23.1. The Hall–Kier alpha value is -4.59. The summed E-state index contributed by atoms with van der Waals surface area (Å²) in [6, 6.07) is 24.5. The van der Waals surface area contributed by atoms with Crippen molar-refractivity contribution in [2.24, 2.45) is 5.92 Å². The number of hydrogen-bond donors (Lipinski definition) is 2. The van der Waals surface area contributed by atoms with Crippen molar-refractivity contribution in [2.45, 2.75) is 27.7 Å². The van der Waals surface area contributed by atoms with Crippen molar-refractivity contribution in [3.8, 4) is 22.7 Å². The molecule has 4 aromatic rings. The molecule has 1 heterocycles. The van der Waals surface area contributed by atoms with Gasteiger partial charge in [0.05, 0.1) is 18.5 Å². The second-order valence-electron chi connectivity index (χ2n) is 9.97. The monoisotopic (exact) mass is 525 g/mol. The van der Waals surface area contributed by atoms with Gasteiger partial charge in [0.2, 0.25) is 5.91 Å². The van der Waals surface area contributed by atoms with Gasteiger partial charge in [0.1, 0.15) is 18.1 Å². The zero-order valence-electron chi connectivity index (χ0n) is 23.1. The molecule has 0 radical (unpaired) electrons. The number of carbonyl (C=O) groups is 2. The molecule has 4 rings (SSSR count). The second kappa shape index (κ2) is 12.3. The summed E-state index contributed by atoms with van der Waals surface area (Å²) < 4.78 is 7.00. The van der Waals surface area contributed by atoms with Crippen LogP contribution >= 0.6 is 0 Å². The van der Waals surface area contributed by atoms with Crippen LogP contribution in [0.5, 0.6) is 5.75 Å².